The van der Waals surface area contributed by atoms with Gasteiger partial charge < -0.3 is 42.3 Å². The van der Waals surface area contributed by atoms with Crippen molar-refractivity contribution in [1.29, 1.82) is 0 Å². The van der Waals surface area contributed by atoms with Gasteiger partial charge in [-0.3, -0.25) is 33.6 Å². The van der Waals surface area contributed by atoms with E-state index in [0.717, 1.165) is 5.56 Å². The number of rotatable bonds is 19. The van der Waals surface area contributed by atoms with E-state index < -0.39 is 48.4 Å². The molecule has 1 heterocycles. The van der Waals surface area contributed by atoms with E-state index >= 15 is 0 Å². The van der Waals surface area contributed by atoms with Crippen molar-refractivity contribution in [2.24, 2.45) is 11.7 Å². The number of phenolic OH excluding ortho intramolecular Hbond substituents is 1. The number of carbonyl (C=O) groups is 7. The zero-order valence-electron chi connectivity index (χ0n) is 33.8. The van der Waals surface area contributed by atoms with Gasteiger partial charge in [0.1, 0.15) is 23.9 Å². The number of anilines is 1. The monoisotopic (exact) mass is 809 g/mol. The van der Waals surface area contributed by atoms with Crippen LogP contribution in [0.5, 0.6) is 5.75 Å². The number of fused-ring (bicyclic) bond motifs is 2. The molecule has 15 nitrogen and oxygen atoms in total. The Kier molecular flexibility index (Phi) is 15.3. The van der Waals surface area contributed by atoms with Gasteiger partial charge in [0.15, 0.2) is 11.6 Å². The molecule has 0 spiro atoms. The predicted octanol–water partition coefficient (Wildman–Crippen LogP) is 2.58. The first-order valence-electron chi connectivity index (χ1n) is 20.3. The molecule has 1 saturated heterocycles. The van der Waals surface area contributed by atoms with Gasteiger partial charge in [-0.1, -0.05) is 75.7 Å². The molecule has 0 radical (unpaired) electrons. The summed E-state index contributed by atoms with van der Waals surface area (Å²) >= 11 is 0. The van der Waals surface area contributed by atoms with Gasteiger partial charge in [-0.2, -0.15) is 0 Å². The van der Waals surface area contributed by atoms with Crippen molar-refractivity contribution in [2.75, 3.05) is 31.5 Å². The molecule has 2 aliphatic rings. The lowest BCUT2D eigenvalue weighted by molar-refractivity contribution is -0.141. The highest BCUT2D eigenvalue weighted by atomic mass is 16.3. The Morgan fingerprint density at radius 3 is 2.22 bits per heavy atom. The summed E-state index contributed by atoms with van der Waals surface area (Å²) in [5.74, 6) is -2.69. The van der Waals surface area contributed by atoms with Gasteiger partial charge in [0.25, 0.3) is 0 Å². The Morgan fingerprint density at radius 2 is 1.53 bits per heavy atom. The van der Waals surface area contributed by atoms with Crippen molar-refractivity contribution in [3.05, 3.63) is 94.5 Å². The summed E-state index contributed by atoms with van der Waals surface area (Å²) in [5.41, 5.74) is 8.82. The van der Waals surface area contributed by atoms with E-state index in [0.29, 0.717) is 86.1 Å². The maximum absolute atomic E-state index is 13.9. The van der Waals surface area contributed by atoms with Crippen LogP contribution in [0.3, 0.4) is 0 Å². The van der Waals surface area contributed by atoms with Crippen LogP contribution in [-0.2, 0) is 30.4 Å². The van der Waals surface area contributed by atoms with Crippen LogP contribution < -0.4 is 32.3 Å². The third kappa shape index (κ3) is 11.3. The van der Waals surface area contributed by atoms with Crippen LogP contribution in [0.15, 0.2) is 66.7 Å². The first kappa shape index (κ1) is 44.0. The Balaban J connectivity index is 1.09. The van der Waals surface area contributed by atoms with Crippen molar-refractivity contribution >= 4 is 46.8 Å². The van der Waals surface area contributed by atoms with Gasteiger partial charge in [0, 0.05) is 42.0 Å². The number of likely N-dealkylation sites (tertiary alicyclic amines) is 1. The average molecular weight is 810 g/mol. The Morgan fingerprint density at radius 1 is 0.831 bits per heavy atom. The molecule has 0 unspecified atom stereocenters. The summed E-state index contributed by atoms with van der Waals surface area (Å²) in [5, 5.41) is 23.7. The summed E-state index contributed by atoms with van der Waals surface area (Å²) in [7, 11) is 0. The minimum absolute atomic E-state index is 0.0227. The summed E-state index contributed by atoms with van der Waals surface area (Å²) in [6.07, 6.45) is 2.96. The van der Waals surface area contributed by atoms with Crippen LogP contribution in [0.4, 0.5) is 5.69 Å². The fourth-order valence-electron chi connectivity index (χ4n) is 7.48. The van der Waals surface area contributed by atoms with Crippen molar-refractivity contribution < 1.29 is 38.7 Å². The molecule has 0 saturated carbocycles. The maximum Gasteiger partial charge on any atom is 0.245 e. The summed E-state index contributed by atoms with van der Waals surface area (Å²) in [6, 6.07) is 14.7. The van der Waals surface area contributed by atoms with E-state index in [9.17, 15) is 38.7 Å². The molecule has 3 aromatic rings. The number of phenols is 1. The quantitative estimate of drug-likeness (QED) is 0.0685. The highest BCUT2D eigenvalue weighted by molar-refractivity contribution is 6.30. The molecule has 314 valence electrons. The molecule has 1 aliphatic heterocycles. The van der Waals surface area contributed by atoms with Gasteiger partial charge in [-0.15, -0.1) is 0 Å². The molecule has 4 atom stereocenters. The molecule has 0 aromatic heterocycles. The molecule has 0 bridgehead atoms. The molecule has 5 amide bonds. The lowest BCUT2D eigenvalue weighted by Gasteiger charge is -2.29. The molecule has 59 heavy (non-hydrogen) atoms. The van der Waals surface area contributed by atoms with Crippen LogP contribution in [0.2, 0.25) is 0 Å². The Bertz CT molecular complexity index is 2040. The number of hydrogen-bond donors (Lipinski definition) is 7. The number of carbonyl (C=O) groups excluding carboxylic acids is 7. The second-order valence-corrected chi connectivity index (χ2v) is 15.5. The molecular weight excluding hydrogens is 755 g/mol. The minimum Gasteiger partial charge on any atom is -0.508 e. The number of nitrogens with two attached hydrogens (primary N) is 1. The highest BCUT2D eigenvalue weighted by Gasteiger charge is 2.38. The predicted molar refractivity (Wildman–Crippen MR) is 222 cm³/mol. The molecule has 8 N–H and O–H groups in total. The number of nitrogens with one attached hydrogen (secondary N) is 5. The topological polar surface area (TPSA) is 229 Å². The van der Waals surface area contributed by atoms with Crippen LogP contribution >= 0.6 is 0 Å². The third-order valence-corrected chi connectivity index (χ3v) is 10.5. The zero-order valence-corrected chi connectivity index (χ0v) is 33.8. The largest absolute Gasteiger partial charge is 0.508 e. The summed E-state index contributed by atoms with van der Waals surface area (Å²) in [4.78, 5) is 94.3. The number of nitrogens with zero attached hydrogens (tertiary/aromatic N) is 1. The smallest absolute Gasteiger partial charge is 0.245 e. The molecular formula is C44H55N7O8. The fraction of sp³-hybridized carbons (Fsp3) is 0.432. The van der Waals surface area contributed by atoms with Gasteiger partial charge in [-0.05, 0) is 68.2 Å². The van der Waals surface area contributed by atoms with Gasteiger partial charge in [0.2, 0.25) is 29.5 Å². The maximum atomic E-state index is 13.9. The van der Waals surface area contributed by atoms with E-state index in [4.69, 9.17) is 5.73 Å². The van der Waals surface area contributed by atoms with Gasteiger partial charge in [-0.25, -0.2) is 0 Å². The summed E-state index contributed by atoms with van der Waals surface area (Å²) in [6.45, 7) is 6.31. The number of hydrogen-bond acceptors (Lipinski definition) is 10. The van der Waals surface area contributed by atoms with E-state index in [1.165, 1.54) is 17.0 Å². The summed E-state index contributed by atoms with van der Waals surface area (Å²) < 4.78 is 0. The molecule has 1 fully saturated rings. The van der Waals surface area contributed by atoms with Crippen molar-refractivity contribution in [3.8, 4) is 5.75 Å². The highest BCUT2D eigenvalue weighted by Crippen LogP contribution is 2.32. The number of benzene rings is 3. The molecule has 15 heteroatoms. The van der Waals surface area contributed by atoms with Crippen LogP contribution in [0.1, 0.15) is 96.7 Å². The Labute approximate surface area is 344 Å². The first-order valence-corrected chi connectivity index (χ1v) is 20.3. The minimum atomic E-state index is -0.946. The van der Waals surface area contributed by atoms with Crippen LogP contribution in [0.25, 0.3) is 0 Å². The zero-order chi connectivity index (χ0) is 42.6. The average Bonchev–Trinajstić information content (AvgIpc) is 3.72. The Hall–Kier alpha value is -6.09. The number of aromatic hydroxyl groups is 1. The van der Waals surface area contributed by atoms with Gasteiger partial charge in [0.05, 0.1) is 18.2 Å². The standard InChI is InChI=1S/C44H55N7O8/c1-4-10-34(50-41(56)32(45)24-27-16-18-28(52)19-17-27)42(57)48-25-37(53)49-35(23-26(2)3)44(59)51-22-8-15-36(51)43(58)47-21-9-20-46-33-14-7-13-31-38(33)40(55)30-12-6-5-11-29(30)39(31)54/h5-7,11-14,16-19,26,32,34-36,46,52H,4,8-10,15,20-25,45H2,1-3H3,(H,47,58)(H,48,57)(H,49,53)(H,50,56)/t32-,34-,35-,36-/m0/s1. The second kappa shape index (κ2) is 20.6. The van der Waals surface area contributed by atoms with E-state index in [1.807, 2.05) is 20.8 Å². The molecule has 5 rings (SSSR count). The van der Waals surface area contributed by atoms with Crippen molar-refractivity contribution in [3.63, 3.8) is 0 Å². The normalized spacial score (nSPS) is 16.0. The van der Waals surface area contributed by atoms with E-state index in [1.54, 1.807) is 54.6 Å². The number of ketones is 2. The van der Waals surface area contributed by atoms with Crippen LogP contribution in [0, 0.1) is 5.92 Å². The fourth-order valence-corrected chi connectivity index (χ4v) is 7.48. The third-order valence-electron chi connectivity index (χ3n) is 10.5. The first-order chi connectivity index (χ1) is 28.3. The van der Waals surface area contributed by atoms with Crippen molar-refractivity contribution in [1.82, 2.24) is 26.2 Å². The number of amides is 5. The lowest BCUT2D eigenvalue weighted by Crippen LogP contribution is -2.56. The molecule has 3 aromatic carbocycles. The second-order valence-electron chi connectivity index (χ2n) is 15.5. The molecule has 1 aliphatic carbocycles. The lowest BCUT2D eigenvalue weighted by atomic mass is 9.83. The van der Waals surface area contributed by atoms with Gasteiger partial charge >= 0.3 is 0 Å². The van der Waals surface area contributed by atoms with E-state index in [2.05, 4.69) is 26.6 Å². The van der Waals surface area contributed by atoms with Crippen LogP contribution in [-0.4, -0.2) is 101 Å². The van der Waals surface area contributed by atoms with E-state index in [-0.39, 0.29) is 41.5 Å². The van der Waals surface area contributed by atoms with Crippen molar-refractivity contribution in [2.45, 2.75) is 89.9 Å². The SMILES string of the molecule is CCC[C@H](NC(=O)[C@@H](N)Cc1ccc(O)cc1)C(=O)NCC(=O)N[C@@H](CC(C)C)C(=O)N1CCC[C@H]1C(=O)NCCCNc1cccc2c1C(=O)c1ccccc1C2=O.